The van der Waals surface area contributed by atoms with Crippen molar-refractivity contribution in [2.75, 3.05) is 13.1 Å². The fourth-order valence-electron chi connectivity index (χ4n) is 1.94. The van der Waals surface area contributed by atoms with Gasteiger partial charge in [-0.2, -0.15) is 0 Å². The van der Waals surface area contributed by atoms with Crippen molar-refractivity contribution in [1.82, 2.24) is 4.90 Å². The van der Waals surface area contributed by atoms with E-state index in [0.717, 1.165) is 32.4 Å². The molecule has 2 rings (SSSR count). The van der Waals surface area contributed by atoms with Crippen LogP contribution in [0.2, 0.25) is 5.02 Å². The van der Waals surface area contributed by atoms with Gasteiger partial charge in [0.25, 0.3) is 0 Å². The Morgan fingerprint density at radius 1 is 1.33 bits per heavy atom. The van der Waals surface area contributed by atoms with Crippen LogP contribution in [-0.4, -0.2) is 24.1 Å². The fraction of sp³-hybridized carbons (Fsp3) is 0.462. The summed E-state index contributed by atoms with van der Waals surface area (Å²) in [5, 5.41) is 0.0431. The first-order chi connectivity index (χ1) is 8.66. The number of likely N-dealkylation sites (tertiary alicyclic amines) is 1. The molecular weight excluding hydrogens is 257 g/mol. The number of benzene rings is 1. The van der Waals surface area contributed by atoms with Crippen LogP contribution in [0.25, 0.3) is 0 Å². The van der Waals surface area contributed by atoms with Crippen molar-refractivity contribution in [3.63, 3.8) is 0 Å². The zero-order valence-corrected chi connectivity index (χ0v) is 10.8. The lowest BCUT2D eigenvalue weighted by molar-refractivity contribution is 0.0894. The van der Waals surface area contributed by atoms with E-state index in [-0.39, 0.29) is 17.7 Å². The number of piperidine rings is 1. The van der Waals surface area contributed by atoms with Crippen LogP contribution >= 0.6 is 11.6 Å². The predicted octanol–water partition coefficient (Wildman–Crippen LogP) is 3.60. The molecule has 1 fully saturated rings. The van der Waals surface area contributed by atoms with Gasteiger partial charge >= 0.3 is 6.09 Å². The van der Waals surface area contributed by atoms with Crippen LogP contribution in [0.5, 0.6) is 0 Å². The van der Waals surface area contributed by atoms with E-state index in [1.165, 1.54) is 12.1 Å². The van der Waals surface area contributed by atoms with Crippen molar-refractivity contribution in [3.05, 3.63) is 34.6 Å². The summed E-state index contributed by atoms with van der Waals surface area (Å²) in [6, 6.07) is 4.30. The van der Waals surface area contributed by atoms with Crippen LogP contribution < -0.4 is 0 Å². The number of rotatable bonds is 2. The summed E-state index contributed by atoms with van der Waals surface area (Å²) in [6.45, 7) is 1.63. The molecule has 1 heterocycles. The van der Waals surface area contributed by atoms with Crippen LogP contribution in [0.4, 0.5) is 9.18 Å². The molecule has 0 atom stereocenters. The third-order valence-electron chi connectivity index (χ3n) is 2.96. The number of hydrogen-bond acceptors (Lipinski definition) is 2. The zero-order chi connectivity index (χ0) is 13.0. The molecule has 0 aromatic heterocycles. The molecule has 1 saturated heterocycles. The molecule has 18 heavy (non-hydrogen) atoms. The fourth-order valence-corrected chi connectivity index (χ4v) is 2.15. The molecule has 98 valence electrons. The summed E-state index contributed by atoms with van der Waals surface area (Å²) in [5.41, 5.74) is 0.687. The predicted molar refractivity (Wildman–Crippen MR) is 67.0 cm³/mol. The number of nitrogens with zero attached hydrogens (tertiary/aromatic N) is 1. The van der Waals surface area contributed by atoms with Gasteiger partial charge in [0.15, 0.2) is 0 Å². The maximum Gasteiger partial charge on any atom is 0.410 e. The Morgan fingerprint density at radius 3 is 2.72 bits per heavy atom. The second kappa shape index (κ2) is 6.05. The van der Waals surface area contributed by atoms with Gasteiger partial charge in [0.1, 0.15) is 12.4 Å². The van der Waals surface area contributed by atoms with Gasteiger partial charge in [-0.15, -0.1) is 0 Å². The van der Waals surface area contributed by atoms with Gasteiger partial charge in [0.05, 0.1) is 5.02 Å². The lowest BCUT2D eigenvalue weighted by Gasteiger charge is -2.25. The minimum Gasteiger partial charge on any atom is -0.445 e. The Kier molecular flexibility index (Phi) is 4.42. The Labute approximate surface area is 110 Å². The highest BCUT2D eigenvalue weighted by Crippen LogP contribution is 2.17. The highest BCUT2D eigenvalue weighted by atomic mass is 35.5. The number of carbonyl (C=O) groups is 1. The molecule has 3 nitrogen and oxygen atoms in total. The first-order valence-electron chi connectivity index (χ1n) is 6.02. The van der Waals surface area contributed by atoms with E-state index >= 15 is 0 Å². The van der Waals surface area contributed by atoms with E-state index in [4.69, 9.17) is 16.3 Å². The van der Waals surface area contributed by atoms with Gasteiger partial charge in [0, 0.05) is 13.1 Å². The molecule has 1 amide bonds. The van der Waals surface area contributed by atoms with Gasteiger partial charge in [-0.25, -0.2) is 9.18 Å². The molecule has 0 saturated carbocycles. The SMILES string of the molecule is O=C(OCc1ccc(F)c(Cl)c1)N1CCCCC1. The van der Waals surface area contributed by atoms with Crippen molar-refractivity contribution in [2.24, 2.45) is 0 Å². The van der Waals surface area contributed by atoms with Crippen molar-refractivity contribution >= 4 is 17.7 Å². The second-order valence-electron chi connectivity index (χ2n) is 4.35. The normalized spacial score (nSPS) is 15.6. The van der Waals surface area contributed by atoms with Crippen molar-refractivity contribution in [2.45, 2.75) is 25.9 Å². The van der Waals surface area contributed by atoms with E-state index in [9.17, 15) is 9.18 Å². The third-order valence-corrected chi connectivity index (χ3v) is 3.25. The standard InChI is InChI=1S/C13H15ClFNO2/c14-11-8-10(4-5-12(11)15)9-18-13(17)16-6-2-1-3-7-16/h4-5,8H,1-3,6-7,9H2. The average Bonchev–Trinajstić information content (AvgIpc) is 2.41. The Balaban J connectivity index is 1.86. The number of carbonyl (C=O) groups excluding carboxylic acids is 1. The monoisotopic (exact) mass is 271 g/mol. The molecule has 0 radical (unpaired) electrons. The molecule has 5 heteroatoms. The minimum atomic E-state index is -0.470. The number of ether oxygens (including phenoxy) is 1. The van der Waals surface area contributed by atoms with E-state index in [2.05, 4.69) is 0 Å². The zero-order valence-electron chi connectivity index (χ0n) is 9.99. The summed E-state index contributed by atoms with van der Waals surface area (Å²) in [5.74, 6) is -0.470. The number of hydrogen-bond donors (Lipinski definition) is 0. The first kappa shape index (κ1) is 13.1. The van der Waals surface area contributed by atoms with Crippen LogP contribution in [0.15, 0.2) is 18.2 Å². The summed E-state index contributed by atoms with van der Waals surface area (Å²) in [6.07, 6.45) is 2.90. The van der Waals surface area contributed by atoms with Gasteiger partial charge < -0.3 is 9.64 Å². The number of amides is 1. The minimum absolute atomic E-state index is 0.0431. The van der Waals surface area contributed by atoms with Gasteiger partial charge in [-0.1, -0.05) is 17.7 Å². The molecule has 0 N–H and O–H groups in total. The summed E-state index contributed by atoms with van der Waals surface area (Å²) < 4.78 is 18.1. The van der Waals surface area contributed by atoms with Gasteiger partial charge in [0.2, 0.25) is 0 Å². The molecule has 0 aliphatic carbocycles. The second-order valence-corrected chi connectivity index (χ2v) is 4.76. The van der Waals surface area contributed by atoms with E-state index < -0.39 is 5.82 Å². The molecule has 0 unspecified atom stereocenters. The van der Waals surface area contributed by atoms with E-state index in [0.29, 0.717) is 5.56 Å². The van der Waals surface area contributed by atoms with Crippen LogP contribution in [0, 0.1) is 5.82 Å². The lowest BCUT2D eigenvalue weighted by atomic mass is 10.1. The largest absolute Gasteiger partial charge is 0.445 e. The molecule has 1 aromatic carbocycles. The average molecular weight is 272 g/mol. The highest BCUT2D eigenvalue weighted by Gasteiger charge is 2.17. The number of halogens is 2. The van der Waals surface area contributed by atoms with Crippen LogP contribution in [0.3, 0.4) is 0 Å². The van der Waals surface area contributed by atoms with Crippen molar-refractivity contribution in [3.8, 4) is 0 Å². The Morgan fingerprint density at radius 2 is 2.06 bits per heavy atom. The Bertz CT molecular complexity index is 433. The van der Waals surface area contributed by atoms with Crippen molar-refractivity contribution < 1.29 is 13.9 Å². The van der Waals surface area contributed by atoms with Crippen LogP contribution in [0.1, 0.15) is 24.8 Å². The lowest BCUT2D eigenvalue weighted by Crippen LogP contribution is -2.35. The summed E-state index contributed by atoms with van der Waals surface area (Å²) in [4.78, 5) is 13.4. The quantitative estimate of drug-likeness (QED) is 0.822. The van der Waals surface area contributed by atoms with E-state index in [1.54, 1.807) is 11.0 Å². The van der Waals surface area contributed by atoms with E-state index in [1.807, 2.05) is 0 Å². The molecule has 0 bridgehead atoms. The first-order valence-corrected chi connectivity index (χ1v) is 6.40. The molecular formula is C13H15ClFNO2. The highest BCUT2D eigenvalue weighted by molar-refractivity contribution is 6.30. The smallest absolute Gasteiger partial charge is 0.410 e. The maximum absolute atomic E-state index is 12.9. The third kappa shape index (κ3) is 3.35. The molecule has 1 aromatic rings. The van der Waals surface area contributed by atoms with Gasteiger partial charge in [-0.05, 0) is 37.0 Å². The maximum atomic E-state index is 12.9. The van der Waals surface area contributed by atoms with Gasteiger partial charge in [-0.3, -0.25) is 0 Å². The molecule has 0 spiro atoms. The summed E-state index contributed by atoms with van der Waals surface area (Å²) >= 11 is 5.65. The molecule has 1 aliphatic heterocycles. The topological polar surface area (TPSA) is 29.5 Å². The van der Waals surface area contributed by atoms with Crippen molar-refractivity contribution in [1.29, 1.82) is 0 Å². The summed E-state index contributed by atoms with van der Waals surface area (Å²) in [7, 11) is 0. The van der Waals surface area contributed by atoms with Crippen LogP contribution in [-0.2, 0) is 11.3 Å². The molecule has 1 aliphatic rings. The Hall–Kier alpha value is -1.29.